The Morgan fingerprint density at radius 1 is 1.00 bits per heavy atom. The van der Waals surface area contributed by atoms with Crippen LogP contribution in [0.2, 0.25) is 0 Å². The van der Waals surface area contributed by atoms with Gasteiger partial charge in [-0.3, -0.25) is 0 Å². The van der Waals surface area contributed by atoms with Crippen LogP contribution in [-0.2, 0) is 0 Å². The molecule has 0 unspecified atom stereocenters. The highest BCUT2D eigenvalue weighted by Crippen LogP contribution is 2.16. The molecule has 0 aromatic rings. The van der Waals surface area contributed by atoms with Gasteiger partial charge in [0.1, 0.15) is 0 Å². The van der Waals surface area contributed by atoms with Gasteiger partial charge in [0, 0.05) is 16.5 Å². The van der Waals surface area contributed by atoms with E-state index in [0.29, 0.717) is 0 Å². The zero-order valence-electron chi connectivity index (χ0n) is 6.66. The lowest BCUT2D eigenvalue weighted by atomic mass is 10.0. The van der Waals surface area contributed by atoms with Gasteiger partial charge in [-0.2, -0.15) is 0 Å². The van der Waals surface area contributed by atoms with Crippen molar-refractivity contribution < 1.29 is 0 Å². The lowest BCUT2D eigenvalue weighted by Gasteiger charge is -2.11. The average Bonchev–Trinajstić information content (AvgIpc) is 2.05. The second-order valence-electron chi connectivity index (χ2n) is 2.68. The predicted octanol–water partition coefficient (Wildman–Crippen LogP) is 4.19. The molecule has 0 amide bonds. The lowest BCUT2D eigenvalue weighted by molar-refractivity contribution is 0.490. The van der Waals surface area contributed by atoms with Gasteiger partial charge in [0.25, 0.3) is 0 Å². The quantitative estimate of drug-likeness (QED) is 0.619. The molecule has 0 saturated heterocycles. The molecule has 0 fully saturated rings. The minimum Gasteiger partial charge on any atom is -0.126 e. The average molecular weight is 306 g/mol. The molecule has 0 N–H and O–H groups in total. The first-order valence-corrected chi connectivity index (χ1v) is 6.80. The van der Waals surface area contributed by atoms with E-state index in [-0.39, 0.29) is 0 Å². The molecule has 0 aromatic carbocycles. The van der Waals surface area contributed by atoms with Crippen molar-refractivity contribution in [1.82, 2.24) is 0 Å². The smallest absolute Gasteiger partial charge is 0.0251 e. The zero-order valence-corrected chi connectivity index (χ0v) is 10.6. The summed E-state index contributed by atoms with van der Waals surface area (Å²) in [5.41, 5.74) is 0. The maximum Gasteiger partial charge on any atom is 0.0251 e. The van der Waals surface area contributed by atoms with E-state index in [9.17, 15) is 0 Å². The van der Waals surface area contributed by atoms with Crippen LogP contribution < -0.4 is 0 Å². The summed E-state index contributed by atoms with van der Waals surface area (Å²) in [5.74, 6) is 1.55. The summed E-state index contributed by atoms with van der Waals surface area (Å²) in [5, 5.41) is 2.21. The summed E-state index contributed by atoms with van der Waals surface area (Å²) in [7, 11) is 0. The van der Waals surface area contributed by atoms with Gasteiger partial charge in [0.05, 0.1) is 0 Å². The van der Waals surface area contributed by atoms with Crippen molar-refractivity contribution in [1.29, 1.82) is 0 Å². The molecule has 0 bridgehead atoms. The summed E-state index contributed by atoms with van der Waals surface area (Å²) in [4.78, 5) is 0. The van der Waals surface area contributed by atoms with Crippen LogP contribution in [0.1, 0.15) is 25.7 Å². The third-order valence-corrected chi connectivity index (χ3v) is 3.27. The van der Waals surface area contributed by atoms with Crippen molar-refractivity contribution in [2.24, 2.45) is 5.92 Å². The molecule has 0 radical (unpaired) electrons. The standard InChI is InChI=1S/C8H15Br2Cl/c9-5-1-3-8(7-11)4-2-6-10/h8H,1-7H2. The molecule has 0 atom stereocenters. The van der Waals surface area contributed by atoms with Gasteiger partial charge in [-0.05, 0) is 31.6 Å². The van der Waals surface area contributed by atoms with Crippen molar-refractivity contribution >= 4 is 43.5 Å². The maximum atomic E-state index is 5.81. The molecule has 0 aliphatic heterocycles. The zero-order chi connectivity index (χ0) is 8.53. The highest BCUT2D eigenvalue weighted by atomic mass is 79.9. The van der Waals surface area contributed by atoms with E-state index in [1.54, 1.807) is 0 Å². The molecular weight excluding hydrogens is 291 g/mol. The monoisotopic (exact) mass is 304 g/mol. The number of hydrogen-bond donors (Lipinski definition) is 0. The minimum absolute atomic E-state index is 0.728. The number of alkyl halides is 3. The summed E-state index contributed by atoms with van der Waals surface area (Å²) in [6, 6.07) is 0. The Morgan fingerprint density at radius 3 is 1.73 bits per heavy atom. The summed E-state index contributed by atoms with van der Waals surface area (Å²) < 4.78 is 0. The fraction of sp³-hybridized carbons (Fsp3) is 1.00. The van der Waals surface area contributed by atoms with Crippen molar-refractivity contribution in [3.05, 3.63) is 0 Å². The second-order valence-corrected chi connectivity index (χ2v) is 4.58. The van der Waals surface area contributed by atoms with Gasteiger partial charge < -0.3 is 0 Å². The summed E-state index contributed by atoms with van der Waals surface area (Å²) in [6.07, 6.45) is 5.03. The highest BCUT2D eigenvalue weighted by Gasteiger charge is 2.05. The van der Waals surface area contributed by atoms with Gasteiger partial charge in [0.2, 0.25) is 0 Å². The Kier molecular flexibility index (Phi) is 10.4. The van der Waals surface area contributed by atoms with Crippen molar-refractivity contribution in [3.63, 3.8) is 0 Å². The fourth-order valence-electron chi connectivity index (χ4n) is 1.03. The Balaban J connectivity index is 3.25. The highest BCUT2D eigenvalue weighted by molar-refractivity contribution is 9.09. The van der Waals surface area contributed by atoms with E-state index >= 15 is 0 Å². The first-order valence-electron chi connectivity index (χ1n) is 4.03. The Bertz CT molecular complexity index is 70.5. The van der Waals surface area contributed by atoms with Crippen molar-refractivity contribution in [2.45, 2.75) is 25.7 Å². The SMILES string of the molecule is ClCC(CCCBr)CCCBr. The normalized spacial score (nSPS) is 10.9. The molecular formula is C8H15Br2Cl. The van der Waals surface area contributed by atoms with Crippen molar-refractivity contribution in [2.75, 3.05) is 16.5 Å². The van der Waals surface area contributed by atoms with Gasteiger partial charge in [-0.25, -0.2) is 0 Å². The first kappa shape index (κ1) is 12.2. The predicted molar refractivity (Wildman–Crippen MR) is 60.3 cm³/mol. The fourth-order valence-corrected chi connectivity index (χ4v) is 1.99. The Hall–Kier alpha value is 1.25. The molecule has 0 heterocycles. The van der Waals surface area contributed by atoms with Crippen LogP contribution >= 0.6 is 43.5 Å². The summed E-state index contributed by atoms with van der Waals surface area (Å²) >= 11 is 12.7. The molecule has 0 rings (SSSR count). The van der Waals surface area contributed by atoms with E-state index in [0.717, 1.165) is 22.5 Å². The van der Waals surface area contributed by atoms with Gasteiger partial charge in [0.15, 0.2) is 0 Å². The van der Waals surface area contributed by atoms with E-state index in [4.69, 9.17) is 11.6 Å². The maximum absolute atomic E-state index is 5.81. The van der Waals surface area contributed by atoms with Crippen LogP contribution in [0.4, 0.5) is 0 Å². The molecule has 0 spiro atoms. The Morgan fingerprint density at radius 2 is 1.45 bits per heavy atom. The molecule has 68 valence electrons. The molecule has 0 saturated carbocycles. The van der Waals surface area contributed by atoms with Gasteiger partial charge in [-0.1, -0.05) is 31.9 Å². The van der Waals surface area contributed by atoms with Gasteiger partial charge >= 0.3 is 0 Å². The van der Waals surface area contributed by atoms with Gasteiger partial charge in [-0.15, -0.1) is 11.6 Å². The Labute approximate surface area is 91.3 Å². The third kappa shape index (κ3) is 7.61. The largest absolute Gasteiger partial charge is 0.126 e. The molecule has 0 aromatic heterocycles. The topological polar surface area (TPSA) is 0 Å². The third-order valence-electron chi connectivity index (χ3n) is 1.71. The van der Waals surface area contributed by atoms with E-state index in [2.05, 4.69) is 31.9 Å². The van der Waals surface area contributed by atoms with E-state index in [1.165, 1.54) is 25.7 Å². The van der Waals surface area contributed by atoms with Crippen molar-refractivity contribution in [3.8, 4) is 0 Å². The van der Waals surface area contributed by atoms with Crippen LogP contribution in [0.5, 0.6) is 0 Å². The molecule has 0 aliphatic carbocycles. The van der Waals surface area contributed by atoms with E-state index < -0.39 is 0 Å². The summed E-state index contributed by atoms with van der Waals surface area (Å²) in [6.45, 7) is 0. The molecule has 11 heavy (non-hydrogen) atoms. The van der Waals surface area contributed by atoms with Crippen LogP contribution in [-0.4, -0.2) is 16.5 Å². The number of rotatable bonds is 7. The molecule has 3 heteroatoms. The number of hydrogen-bond acceptors (Lipinski definition) is 0. The second kappa shape index (κ2) is 9.34. The first-order chi connectivity index (χ1) is 5.35. The number of halogens is 3. The molecule has 0 aliphatic rings. The van der Waals surface area contributed by atoms with Crippen LogP contribution in [0.25, 0.3) is 0 Å². The van der Waals surface area contributed by atoms with Crippen LogP contribution in [0.3, 0.4) is 0 Å². The van der Waals surface area contributed by atoms with Crippen LogP contribution in [0.15, 0.2) is 0 Å². The van der Waals surface area contributed by atoms with E-state index in [1.807, 2.05) is 0 Å². The lowest BCUT2D eigenvalue weighted by Crippen LogP contribution is -2.02. The van der Waals surface area contributed by atoms with Crippen LogP contribution in [0, 0.1) is 5.92 Å². The molecule has 0 nitrogen and oxygen atoms in total. The minimum atomic E-state index is 0.728.